The molecule has 1 atom stereocenters. The third-order valence-electron chi connectivity index (χ3n) is 4.90. The number of anilines is 1. The number of nitrogens with zero attached hydrogens (tertiary/aromatic N) is 1. The molecule has 1 fully saturated rings. The first-order chi connectivity index (χ1) is 12.1. The van der Waals surface area contributed by atoms with Gasteiger partial charge < -0.3 is 10.1 Å². The molecule has 2 aromatic rings. The summed E-state index contributed by atoms with van der Waals surface area (Å²) in [7, 11) is 1.69. The Bertz CT molecular complexity index is 757. The van der Waals surface area contributed by atoms with Gasteiger partial charge in [-0.05, 0) is 55.2 Å². The normalized spacial score (nSPS) is 17.0. The number of hydrogen-bond acceptors (Lipinski definition) is 3. The molecule has 0 spiro atoms. The van der Waals surface area contributed by atoms with Crippen molar-refractivity contribution in [3.8, 4) is 5.75 Å². The minimum Gasteiger partial charge on any atom is -0.497 e. The number of benzene rings is 2. The molecule has 1 unspecified atom stereocenters. The van der Waals surface area contributed by atoms with E-state index in [-0.39, 0.29) is 5.91 Å². The van der Waals surface area contributed by atoms with Crippen LogP contribution < -0.4 is 10.1 Å². The maximum Gasteiger partial charge on any atom is 0.225 e. The van der Waals surface area contributed by atoms with Gasteiger partial charge in [0.15, 0.2) is 0 Å². The van der Waals surface area contributed by atoms with Crippen molar-refractivity contribution in [2.45, 2.75) is 32.7 Å². The Morgan fingerprint density at radius 1 is 1.24 bits per heavy atom. The number of aryl methyl sites for hydroxylation is 2. The van der Waals surface area contributed by atoms with E-state index >= 15 is 0 Å². The van der Waals surface area contributed by atoms with Crippen LogP contribution in [0.5, 0.6) is 5.75 Å². The number of amides is 1. The Morgan fingerprint density at radius 3 is 2.80 bits per heavy atom. The smallest absolute Gasteiger partial charge is 0.225 e. The monoisotopic (exact) mass is 338 g/mol. The summed E-state index contributed by atoms with van der Waals surface area (Å²) in [6.07, 6.45) is 1.64. The van der Waals surface area contributed by atoms with E-state index in [9.17, 15) is 4.79 Å². The Balaban J connectivity index is 1.54. The van der Waals surface area contributed by atoms with Gasteiger partial charge in [-0.3, -0.25) is 9.69 Å². The van der Waals surface area contributed by atoms with E-state index < -0.39 is 0 Å². The van der Waals surface area contributed by atoms with Gasteiger partial charge in [-0.1, -0.05) is 24.3 Å². The zero-order chi connectivity index (χ0) is 17.8. The van der Waals surface area contributed by atoms with E-state index in [0.29, 0.717) is 12.5 Å². The molecule has 0 saturated carbocycles. The number of ether oxygens (including phenoxy) is 1. The van der Waals surface area contributed by atoms with Gasteiger partial charge in [-0.25, -0.2) is 0 Å². The number of nitrogens with one attached hydrogen (secondary N) is 1. The summed E-state index contributed by atoms with van der Waals surface area (Å²) in [6, 6.07) is 14.7. The number of carbonyl (C=O) groups is 1. The lowest BCUT2D eigenvalue weighted by atomic mass is 9.94. The first-order valence-electron chi connectivity index (χ1n) is 8.82. The van der Waals surface area contributed by atoms with Gasteiger partial charge in [-0.15, -0.1) is 0 Å². The minimum absolute atomic E-state index is 0.0741. The standard InChI is InChI=1S/C21H26N2O2/c1-15-7-8-16(2)19(13-15)22-21(24)10-12-23-11-9-20(23)17-5-4-6-18(14-17)25-3/h4-8,13-14,20H,9-12H2,1-3H3,(H,22,24). The van der Waals surface area contributed by atoms with Crippen molar-refractivity contribution in [2.24, 2.45) is 0 Å². The zero-order valence-electron chi connectivity index (χ0n) is 15.2. The fourth-order valence-electron chi connectivity index (χ4n) is 3.26. The van der Waals surface area contributed by atoms with Gasteiger partial charge in [0.2, 0.25) is 5.91 Å². The van der Waals surface area contributed by atoms with Crippen molar-refractivity contribution < 1.29 is 9.53 Å². The van der Waals surface area contributed by atoms with E-state index in [2.05, 4.69) is 28.4 Å². The highest BCUT2D eigenvalue weighted by molar-refractivity contribution is 5.91. The summed E-state index contributed by atoms with van der Waals surface area (Å²) in [4.78, 5) is 14.7. The van der Waals surface area contributed by atoms with Gasteiger partial charge in [0.1, 0.15) is 5.75 Å². The molecular weight excluding hydrogens is 312 g/mol. The Labute approximate surface area is 149 Å². The largest absolute Gasteiger partial charge is 0.497 e. The van der Waals surface area contributed by atoms with Gasteiger partial charge in [0.05, 0.1) is 7.11 Å². The molecule has 4 heteroatoms. The predicted octanol–water partition coefficient (Wildman–Crippen LogP) is 4.09. The molecule has 0 aliphatic carbocycles. The molecule has 1 aliphatic rings. The van der Waals surface area contributed by atoms with Crippen molar-refractivity contribution in [1.82, 2.24) is 4.90 Å². The molecule has 0 radical (unpaired) electrons. The highest BCUT2D eigenvalue weighted by Crippen LogP contribution is 2.34. The predicted molar refractivity (Wildman–Crippen MR) is 101 cm³/mol. The average Bonchev–Trinajstić information content (AvgIpc) is 2.57. The molecule has 2 aromatic carbocycles. The first kappa shape index (κ1) is 17.5. The molecule has 0 bridgehead atoms. The average molecular weight is 338 g/mol. The van der Waals surface area contributed by atoms with Crippen LogP contribution in [-0.2, 0) is 4.79 Å². The Morgan fingerprint density at radius 2 is 2.08 bits per heavy atom. The van der Waals surface area contributed by atoms with Crippen molar-refractivity contribution >= 4 is 11.6 Å². The molecular formula is C21H26N2O2. The van der Waals surface area contributed by atoms with Gasteiger partial charge in [0, 0.05) is 31.2 Å². The van der Waals surface area contributed by atoms with Crippen molar-refractivity contribution in [2.75, 3.05) is 25.5 Å². The zero-order valence-corrected chi connectivity index (χ0v) is 15.2. The molecule has 1 saturated heterocycles. The van der Waals surface area contributed by atoms with Crippen LogP contribution in [0.25, 0.3) is 0 Å². The van der Waals surface area contributed by atoms with Gasteiger partial charge in [-0.2, -0.15) is 0 Å². The second kappa shape index (κ2) is 7.70. The number of methoxy groups -OCH3 is 1. The number of likely N-dealkylation sites (tertiary alicyclic amines) is 1. The second-order valence-corrected chi connectivity index (χ2v) is 6.73. The fraction of sp³-hybridized carbons (Fsp3) is 0.381. The second-order valence-electron chi connectivity index (χ2n) is 6.73. The molecule has 4 nitrogen and oxygen atoms in total. The van der Waals surface area contributed by atoms with Crippen LogP contribution in [0.4, 0.5) is 5.69 Å². The van der Waals surface area contributed by atoms with Gasteiger partial charge in [0.25, 0.3) is 0 Å². The third kappa shape index (κ3) is 4.20. The summed E-state index contributed by atoms with van der Waals surface area (Å²) >= 11 is 0. The lowest BCUT2D eigenvalue weighted by Gasteiger charge is -2.41. The molecule has 0 aromatic heterocycles. The van der Waals surface area contributed by atoms with E-state index in [0.717, 1.165) is 42.1 Å². The lowest BCUT2D eigenvalue weighted by Crippen LogP contribution is -2.42. The van der Waals surface area contributed by atoms with Crippen LogP contribution in [-0.4, -0.2) is 31.0 Å². The van der Waals surface area contributed by atoms with E-state index in [1.165, 1.54) is 5.56 Å². The van der Waals surface area contributed by atoms with Crippen LogP contribution in [0, 0.1) is 13.8 Å². The number of hydrogen-bond donors (Lipinski definition) is 1. The van der Waals surface area contributed by atoms with Gasteiger partial charge >= 0.3 is 0 Å². The highest BCUT2D eigenvalue weighted by atomic mass is 16.5. The molecule has 1 amide bonds. The minimum atomic E-state index is 0.0741. The highest BCUT2D eigenvalue weighted by Gasteiger charge is 2.29. The summed E-state index contributed by atoms with van der Waals surface area (Å²) in [5, 5.41) is 3.04. The Hall–Kier alpha value is -2.33. The fourth-order valence-corrected chi connectivity index (χ4v) is 3.26. The van der Waals surface area contributed by atoms with Crippen LogP contribution in [0.1, 0.15) is 35.6 Å². The quantitative estimate of drug-likeness (QED) is 0.862. The lowest BCUT2D eigenvalue weighted by molar-refractivity contribution is -0.117. The van der Waals surface area contributed by atoms with Crippen LogP contribution in [0.2, 0.25) is 0 Å². The Kier molecular flexibility index (Phi) is 5.39. The maximum atomic E-state index is 12.3. The van der Waals surface area contributed by atoms with Crippen molar-refractivity contribution in [1.29, 1.82) is 0 Å². The summed E-state index contributed by atoms with van der Waals surface area (Å²) in [5.41, 5.74) is 4.43. The molecule has 3 rings (SSSR count). The van der Waals surface area contributed by atoms with Crippen LogP contribution in [0.3, 0.4) is 0 Å². The first-order valence-corrected chi connectivity index (χ1v) is 8.82. The SMILES string of the molecule is COc1cccc(C2CCN2CCC(=O)Nc2cc(C)ccc2C)c1. The summed E-state index contributed by atoms with van der Waals surface area (Å²) < 4.78 is 5.31. The van der Waals surface area contributed by atoms with Crippen LogP contribution >= 0.6 is 0 Å². The molecule has 1 aliphatic heterocycles. The molecule has 25 heavy (non-hydrogen) atoms. The summed E-state index contributed by atoms with van der Waals surface area (Å²) in [5.74, 6) is 0.960. The third-order valence-corrected chi connectivity index (χ3v) is 4.90. The molecule has 132 valence electrons. The van der Waals surface area contributed by atoms with Crippen molar-refractivity contribution in [3.05, 3.63) is 59.2 Å². The van der Waals surface area contributed by atoms with Crippen LogP contribution in [0.15, 0.2) is 42.5 Å². The maximum absolute atomic E-state index is 12.3. The topological polar surface area (TPSA) is 41.6 Å². The van der Waals surface area contributed by atoms with E-state index in [4.69, 9.17) is 4.74 Å². The molecule has 1 N–H and O–H groups in total. The number of rotatable bonds is 6. The number of carbonyl (C=O) groups excluding carboxylic acids is 1. The van der Waals surface area contributed by atoms with Crippen molar-refractivity contribution in [3.63, 3.8) is 0 Å². The summed E-state index contributed by atoms with van der Waals surface area (Å²) in [6.45, 7) is 5.87. The van der Waals surface area contributed by atoms with E-state index in [1.54, 1.807) is 7.11 Å². The van der Waals surface area contributed by atoms with E-state index in [1.807, 2.05) is 38.1 Å². The molecule has 1 heterocycles.